The van der Waals surface area contributed by atoms with Gasteiger partial charge in [0.15, 0.2) is 0 Å². The van der Waals surface area contributed by atoms with E-state index in [-0.39, 0.29) is 22.3 Å². The van der Waals surface area contributed by atoms with Crippen molar-refractivity contribution in [3.05, 3.63) is 38.9 Å². The van der Waals surface area contributed by atoms with Crippen molar-refractivity contribution in [3.63, 3.8) is 0 Å². The molecule has 0 aliphatic carbocycles. The molecule has 0 unspecified atom stereocenters. The number of non-ortho nitro benzene ring substituents is 1. The lowest BCUT2D eigenvalue weighted by atomic mass is 10.1. The molecule has 8 heteroatoms. The number of nitrogens with one attached hydrogen (secondary N) is 1. The molecule has 0 spiro atoms. The van der Waals surface area contributed by atoms with E-state index in [1.54, 1.807) is 0 Å². The van der Waals surface area contributed by atoms with Crippen molar-refractivity contribution in [2.24, 2.45) is 0 Å². The Morgan fingerprint density at radius 2 is 2.05 bits per heavy atom. The zero-order valence-electron chi connectivity index (χ0n) is 10.5. The van der Waals surface area contributed by atoms with Gasteiger partial charge in [-0.05, 0) is 18.9 Å². The summed E-state index contributed by atoms with van der Waals surface area (Å²) in [6.07, 6.45) is 1.29. The Morgan fingerprint density at radius 3 is 2.65 bits per heavy atom. The number of rotatable bonds is 3. The van der Waals surface area contributed by atoms with Crippen LogP contribution in [-0.4, -0.2) is 32.6 Å². The first-order valence-corrected chi connectivity index (χ1v) is 7.94. The Bertz CT molecular complexity index is 569. The Balaban J connectivity index is 2.10. The van der Waals surface area contributed by atoms with E-state index in [1.165, 1.54) is 18.2 Å². The van der Waals surface area contributed by atoms with Gasteiger partial charge in [0.05, 0.1) is 15.5 Å². The maximum absolute atomic E-state index is 12.1. The molecular formula is C12H13ClN2O4S. The highest BCUT2D eigenvalue weighted by Crippen LogP contribution is 2.22. The van der Waals surface area contributed by atoms with Gasteiger partial charge in [-0.15, -0.1) is 0 Å². The molecule has 20 heavy (non-hydrogen) atoms. The molecule has 1 aromatic carbocycles. The lowest BCUT2D eigenvalue weighted by molar-refractivity contribution is -0.384. The smallest absolute Gasteiger partial charge is 0.270 e. The van der Waals surface area contributed by atoms with E-state index >= 15 is 0 Å². The van der Waals surface area contributed by atoms with Crippen LogP contribution in [0.2, 0.25) is 5.02 Å². The maximum Gasteiger partial charge on any atom is 0.270 e. The Labute approximate surface area is 123 Å². The van der Waals surface area contributed by atoms with Gasteiger partial charge in [-0.2, -0.15) is 0 Å². The zero-order chi connectivity index (χ0) is 14.7. The molecule has 0 saturated carbocycles. The Morgan fingerprint density at radius 1 is 1.40 bits per heavy atom. The highest BCUT2D eigenvalue weighted by Gasteiger charge is 2.22. The van der Waals surface area contributed by atoms with Crippen LogP contribution in [-0.2, 0) is 10.8 Å². The van der Waals surface area contributed by atoms with Crippen LogP contribution >= 0.6 is 11.6 Å². The van der Waals surface area contributed by atoms with Crippen LogP contribution in [0, 0.1) is 10.1 Å². The van der Waals surface area contributed by atoms with Crippen molar-refractivity contribution in [1.82, 2.24) is 5.32 Å². The summed E-state index contributed by atoms with van der Waals surface area (Å²) >= 11 is 5.90. The molecule has 2 rings (SSSR count). The third kappa shape index (κ3) is 3.55. The van der Waals surface area contributed by atoms with Crippen molar-refractivity contribution in [3.8, 4) is 0 Å². The molecule has 108 valence electrons. The number of halogens is 1. The van der Waals surface area contributed by atoms with E-state index in [0.29, 0.717) is 24.3 Å². The minimum Gasteiger partial charge on any atom is -0.349 e. The van der Waals surface area contributed by atoms with Crippen molar-refractivity contribution >= 4 is 34.0 Å². The zero-order valence-corrected chi connectivity index (χ0v) is 12.1. The maximum atomic E-state index is 12.1. The van der Waals surface area contributed by atoms with E-state index in [0.717, 1.165) is 0 Å². The van der Waals surface area contributed by atoms with Gasteiger partial charge in [0.2, 0.25) is 0 Å². The second kappa shape index (κ2) is 6.32. The topological polar surface area (TPSA) is 89.3 Å². The first-order valence-electron chi connectivity index (χ1n) is 6.07. The predicted molar refractivity (Wildman–Crippen MR) is 76.5 cm³/mol. The molecule has 0 aromatic heterocycles. The second-order valence-corrected chi connectivity index (χ2v) is 6.62. The molecule has 1 aliphatic heterocycles. The molecule has 1 heterocycles. The van der Waals surface area contributed by atoms with Crippen LogP contribution in [0.5, 0.6) is 0 Å². The van der Waals surface area contributed by atoms with E-state index in [2.05, 4.69) is 5.32 Å². The standard InChI is InChI=1S/C12H13ClN2O4S/c13-11-2-1-9(15(17)18)7-10(11)12(16)14-8-3-5-20(19)6-4-8/h1-2,7-8H,3-6H2,(H,14,16). The van der Waals surface area contributed by atoms with Gasteiger partial charge in [0.25, 0.3) is 11.6 Å². The molecule has 1 amide bonds. The third-order valence-electron chi connectivity index (χ3n) is 3.13. The third-order valence-corrected chi connectivity index (χ3v) is 4.84. The molecule has 6 nitrogen and oxygen atoms in total. The summed E-state index contributed by atoms with van der Waals surface area (Å²) in [4.78, 5) is 22.2. The second-order valence-electron chi connectivity index (χ2n) is 4.52. The van der Waals surface area contributed by atoms with Crippen molar-refractivity contribution < 1.29 is 13.9 Å². The normalized spacial score (nSPS) is 22.2. The van der Waals surface area contributed by atoms with Gasteiger partial charge in [-0.1, -0.05) is 11.6 Å². The summed E-state index contributed by atoms with van der Waals surface area (Å²) in [5.74, 6) is 0.692. The van der Waals surface area contributed by atoms with Gasteiger partial charge in [0.1, 0.15) is 0 Å². The van der Waals surface area contributed by atoms with Crippen LogP contribution in [0.15, 0.2) is 18.2 Å². The van der Waals surface area contributed by atoms with Gasteiger partial charge in [0, 0.05) is 40.5 Å². The summed E-state index contributed by atoms with van der Waals surface area (Å²) in [5, 5.41) is 13.7. The number of benzene rings is 1. The molecule has 0 radical (unpaired) electrons. The number of hydrogen-bond acceptors (Lipinski definition) is 4. The van der Waals surface area contributed by atoms with E-state index in [1.807, 2.05) is 0 Å². The fourth-order valence-corrected chi connectivity index (χ4v) is 3.50. The Hall–Kier alpha value is -1.47. The quantitative estimate of drug-likeness (QED) is 0.681. The number of carbonyl (C=O) groups excluding carboxylic acids is 1. The minimum atomic E-state index is -0.801. The van der Waals surface area contributed by atoms with Crippen LogP contribution in [0.25, 0.3) is 0 Å². The lowest BCUT2D eigenvalue weighted by Gasteiger charge is -2.22. The molecular weight excluding hydrogens is 304 g/mol. The fraction of sp³-hybridized carbons (Fsp3) is 0.417. The summed E-state index contributed by atoms with van der Waals surface area (Å²) in [5.41, 5.74) is -0.0862. The van der Waals surface area contributed by atoms with E-state index < -0.39 is 21.6 Å². The highest BCUT2D eigenvalue weighted by molar-refractivity contribution is 7.85. The monoisotopic (exact) mass is 316 g/mol. The SMILES string of the molecule is O=C(NC1CCS(=O)CC1)c1cc([N+](=O)[O-])ccc1Cl. The van der Waals surface area contributed by atoms with Gasteiger partial charge >= 0.3 is 0 Å². The largest absolute Gasteiger partial charge is 0.349 e. The molecule has 1 fully saturated rings. The summed E-state index contributed by atoms with van der Waals surface area (Å²) in [7, 11) is -0.801. The van der Waals surface area contributed by atoms with Crippen molar-refractivity contribution in [2.75, 3.05) is 11.5 Å². The molecule has 1 aliphatic rings. The van der Waals surface area contributed by atoms with Crippen LogP contribution in [0.3, 0.4) is 0 Å². The first-order chi connectivity index (χ1) is 9.47. The van der Waals surface area contributed by atoms with Gasteiger partial charge in [-0.25, -0.2) is 0 Å². The van der Waals surface area contributed by atoms with Gasteiger partial charge in [-0.3, -0.25) is 19.1 Å². The van der Waals surface area contributed by atoms with Gasteiger partial charge < -0.3 is 5.32 Å². The van der Waals surface area contributed by atoms with Crippen molar-refractivity contribution in [2.45, 2.75) is 18.9 Å². The first kappa shape index (κ1) is 14.9. The van der Waals surface area contributed by atoms with Crippen LogP contribution < -0.4 is 5.32 Å². The van der Waals surface area contributed by atoms with Crippen molar-refractivity contribution in [1.29, 1.82) is 0 Å². The lowest BCUT2D eigenvalue weighted by Crippen LogP contribution is -2.39. The molecule has 1 N–H and O–H groups in total. The molecule has 1 aromatic rings. The highest BCUT2D eigenvalue weighted by atomic mass is 35.5. The molecule has 0 bridgehead atoms. The number of hydrogen-bond donors (Lipinski definition) is 1. The number of nitro benzene ring substituents is 1. The predicted octanol–water partition coefficient (Wildman–Crippen LogP) is 1.89. The van der Waals surface area contributed by atoms with E-state index in [4.69, 9.17) is 11.6 Å². The van der Waals surface area contributed by atoms with Crippen LogP contribution in [0.1, 0.15) is 23.2 Å². The summed E-state index contributed by atoms with van der Waals surface area (Å²) < 4.78 is 11.2. The van der Waals surface area contributed by atoms with Crippen LogP contribution in [0.4, 0.5) is 5.69 Å². The summed E-state index contributed by atoms with van der Waals surface area (Å²) in [6.45, 7) is 0. The summed E-state index contributed by atoms with van der Waals surface area (Å²) in [6, 6.07) is 3.70. The molecule has 0 atom stereocenters. The molecule has 1 saturated heterocycles. The average Bonchev–Trinajstić information content (AvgIpc) is 2.41. The minimum absolute atomic E-state index is 0.0597. The average molecular weight is 317 g/mol. The fourth-order valence-electron chi connectivity index (χ4n) is 2.00. The number of nitrogens with zero attached hydrogens (tertiary/aromatic N) is 1. The Kier molecular flexibility index (Phi) is 4.72. The van der Waals surface area contributed by atoms with E-state index in [9.17, 15) is 19.1 Å². The number of nitro groups is 1. The number of carbonyl (C=O) groups is 1. The number of amides is 1.